The topological polar surface area (TPSA) is 83.9 Å². The van der Waals surface area contributed by atoms with E-state index in [4.69, 9.17) is 4.74 Å². The summed E-state index contributed by atoms with van der Waals surface area (Å²) in [4.78, 5) is 36.4. The van der Waals surface area contributed by atoms with Gasteiger partial charge in [-0.15, -0.1) is 0 Å². The molecule has 22 heavy (non-hydrogen) atoms. The fraction of sp³-hybridized carbons (Fsp3) is 0.812. The maximum absolute atomic E-state index is 12.1. The van der Waals surface area contributed by atoms with Crippen LogP contribution in [0.1, 0.15) is 65.2 Å². The molecule has 1 fully saturated rings. The van der Waals surface area contributed by atoms with Crippen molar-refractivity contribution in [1.82, 2.24) is 4.90 Å². The summed E-state index contributed by atoms with van der Waals surface area (Å²) < 4.78 is 5.15. The molecule has 1 heterocycles. The summed E-state index contributed by atoms with van der Waals surface area (Å²) in [5.41, 5.74) is 0. The number of carbonyl (C=O) groups is 3. The third-order valence-corrected chi connectivity index (χ3v) is 4.04. The number of carboxylic acid groups (broad SMARTS) is 1. The number of amides is 1. The third-order valence-electron chi connectivity index (χ3n) is 4.04. The monoisotopic (exact) mass is 313 g/mol. The van der Waals surface area contributed by atoms with Gasteiger partial charge in [-0.3, -0.25) is 4.79 Å². The Labute approximate surface area is 131 Å². The number of ether oxygens (including phenoxy) is 1. The van der Waals surface area contributed by atoms with Gasteiger partial charge in [-0.25, -0.2) is 9.59 Å². The van der Waals surface area contributed by atoms with E-state index in [0.717, 1.165) is 32.1 Å². The van der Waals surface area contributed by atoms with Crippen LogP contribution < -0.4 is 0 Å². The Morgan fingerprint density at radius 1 is 1.27 bits per heavy atom. The first-order valence-corrected chi connectivity index (χ1v) is 8.24. The Morgan fingerprint density at radius 2 is 1.95 bits per heavy atom. The van der Waals surface area contributed by atoms with Crippen LogP contribution in [0.15, 0.2) is 0 Å². The third kappa shape index (κ3) is 5.31. The summed E-state index contributed by atoms with van der Waals surface area (Å²) in [6, 6.07) is -0.626. The van der Waals surface area contributed by atoms with E-state index in [0.29, 0.717) is 25.8 Å². The van der Waals surface area contributed by atoms with Crippen molar-refractivity contribution < 1.29 is 24.2 Å². The first-order chi connectivity index (χ1) is 10.5. The molecule has 1 N–H and O–H groups in total. The minimum absolute atomic E-state index is 0.0732. The predicted octanol–water partition coefficient (Wildman–Crippen LogP) is 2.35. The number of carbonyl (C=O) groups excluding carboxylic acids is 2. The summed E-state index contributed by atoms with van der Waals surface area (Å²) in [5.74, 6) is -1.78. The number of aliphatic carboxylic acids is 1. The van der Waals surface area contributed by atoms with E-state index in [1.807, 2.05) is 0 Å². The van der Waals surface area contributed by atoms with E-state index >= 15 is 0 Å². The Balaban J connectivity index is 2.47. The van der Waals surface area contributed by atoms with Crippen LogP contribution in [0.25, 0.3) is 0 Å². The van der Waals surface area contributed by atoms with Crippen LogP contribution in [0.4, 0.5) is 0 Å². The van der Waals surface area contributed by atoms with Crippen molar-refractivity contribution in [3.63, 3.8) is 0 Å². The van der Waals surface area contributed by atoms with Crippen LogP contribution in [-0.2, 0) is 19.1 Å². The van der Waals surface area contributed by atoms with Crippen LogP contribution in [0.3, 0.4) is 0 Å². The highest BCUT2D eigenvalue weighted by molar-refractivity contribution is 5.89. The maximum Gasteiger partial charge on any atom is 0.345 e. The Bertz CT molecular complexity index is 396. The highest BCUT2D eigenvalue weighted by Gasteiger charge is 2.37. The Morgan fingerprint density at radius 3 is 2.55 bits per heavy atom. The number of unbranched alkanes of at least 4 members (excludes halogenated alkanes) is 4. The predicted molar refractivity (Wildman–Crippen MR) is 81.3 cm³/mol. The number of hydrogen-bond acceptors (Lipinski definition) is 4. The van der Waals surface area contributed by atoms with Crippen molar-refractivity contribution >= 4 is 17.8 Å². The highest BCUT2D eigenvalue weighted by atomic mass is 16.6. The number of likely N-dealkylation sites (tertiary alicyclic amines) is 1. The molecule has 126 valence electrons. The normalized spacial score (nSPS) is 19.3. The second kappa shape index (κ2) is 9.43. The van der Waals surface area contributed by atoms with Gasteiger partial charge >= 0.3 is 11.9 Å². The van der Waals surface area contributed by atoms with Gasteiger partial charge in [-0.05, 0) is 26.2 Å². The van der Waals surface area contributed by atoms with E-state index in [1.54, 1.807) is 6.92 Å². The first kappa shape index (κ1) is 18.5. The van der Waals surface area contributed by atoms with Crippen LogP contribution in [0.2, 0.25) is 0 Å². The molecule has 0 saturated carbocycles. The molecule has 1 saturated heterocycles. The van der Waals surface area contributed by atoms with E-state index in [-0.39, 0.29) is 5.91 Å². The molecular formula is C16H27NO5. The Hall–Kier alpha value is -1.59. The molecule has 1 aliphatic heterocycles. The summed E-state index contributed by atoms with van der Waals surface area (Å²) in [6.07, 6.45) is 4.95. The van der Waals surface area contributed by atoms with Crippen molar-refractivity contribution in [1.29, 1.82) is 0 Å². The Kier molecular flexibility index (Phi) is 7.91. The van der Waals surface area contributed by atoms with E-state index in [1.165, 1.54) is 4.90 Å². The molecule has 0 radical (unpaired) electrons. The van der Waals surface area contributed by atoms with Crippen LogP contribution in [-0.4, -0.2) is 46.5 Å². The van der Waals surface area contributed by atoms with Gasteiger partial charge in [0.2, 0.25) is 5.91 Å². The lowest BCUT2D eigenvalue weighted by Crippen LogP contribution is -2.41. The molecule has 0 aromatic carbocycles. The summed E-state index contributed by atoms with van der Waals surface area (Å²) in [7, 11) is 0. The lowest BCUT2D eigenvalue weighted by Gasteiger charge is -2.23. The fourth-order valence-corrected chi connectivity index (χ4v) is 2.76. The maximum atomic E-state index is 12.1. The SMILES string of the molecule is CCCCCCCC(OC(=O)[C@@H]1CCC(=O)N1CC)C(=O)O. The van der Waals surface area contributed by atoms with Crippen LogP contribution >= 0.6 is 0 Å². The highest BCUT2D eigenvalue weighted by Crippen LogP contribution is 2.21. The van der Waals surface area contributed by atoms with E-state index in [9.17, 15) is 19.5 Å². The van der Waals surface area contributed by atoms with Gasteiger partial charge in [0.1, 0.15) is 6.04 Å². The van der Waals surface area contributed by atoms with Crippen molar-refractivity contribution in [2.45, 2.75) is 77.4 Å². The number of carboxylic acids is 1. The van der Waals surface area contributed by atoms with Gasteiger partial charge in [0.05, 0.1) is 0 Å². The summed E-state index contributed by atoms with van der Waals surface area (Å²) in [6.45, 7) is 4.35. The molecule has 0 aliphatic carbocycles. The van der Waals surface area contributed by atoms with Gasteiger partial charge in [-0.2, -0.15) is 0 Å². The molecule has 1 aliphatic rings. The quantitative estimate of drug-likeness (QED) is 0.494. The second-order valence-corrected chi connectivity index (χ2v) is 5.70. The molecule has 6 nitrogen and oxygen atoms in total. The molecule has 0 aromatic rings. The molecule has 1 rings (SSSR count). The van der Waals surface area contributed by atoms with Crippen LogP contribution in [0, 0.1) is 0 Å². The van der Waals surface area contributed by atoms with Gasteiger partial charge in [0.25, 0.3) is 0 Å². The minimum atomic E-state index is -1.11. The molecule has 6 heteroatoms. The van der Waals surface area contributed by atoms with Gasteiger partial charge < -0.3 is 14.7 Å². The zero-order valence-electron chi connectivity index (χ0n) is 13.5. The standard InChI is InChI=1S/C16H27NO5/c1-3-5-6-7-8-9-13(15(19)20)22-16(21)12-10-11-14(18)17(12)4-2/h12-13H,3-11H2,1-2H3,(H,19,20)/t12-,13?/m0/s1. The van der Waals surface area contributed by atoms with E-state index in [2.05, 4.69) is 6.92 Å². The molecule has 0 spiro atoms. The molecule has 1 amide bonds. The van der Waals surface area contributed by atoms with Crippen molar-refractivity contribution in [2.75, 3.05) is 6.54 Å². The van der Waals surface area contributed by atoms with Gasteiger partial charge in [-0.1, -0.05) is 32.6 Å². The molecule has 0 aromatic heterocycles. The zero-order chi connectivity index (χ0) is 16.5. The average molecular weight is 313 g/mol. The lowest BCUT2D eigenvalue weighted by molar-refractivity contribution is -0.168. The number of nitrogens with zero attached hydrogens (tertiary/aromatic N) is 1. The minimum Gasteiger partial charge on any atom is -0.479 e. The van der Waals surface area contributed by atoms with Crippen LogP contribution in [0.5, 0.6) is 0 Å². The van der Waals surface area contributed by atoms with Gasteiger partial charge in [0.15, 0.2) is 6.10 Å². The van der Waals surface area contributed by atoms with Crippen molar-refractivity contribution in [3.05, 3.63) is 0 Å². The molecular weight excluding hydrogens is 286 g/mol. The largest absolute Gasteiger partial charge is 0.479 e. The zero-order valence-corrected chi connectivity index (χ0v) is 13.5. The number of esters is 1. The molecule has 1 unspecified atom stereocenters. The van der Waals surface area contributed by atoms with Crippen molar-refractivity contribution in [3.8, 4) is 0 Å². The summed E-state index contributed by atoms with van der Waals surface area (Å²) >= 11 is 0. The first-order valence-electron chi connectivity index (χ1n) is 8.24. The average Bonchev–Trinajstić information content (AvgIpc) is 2.86. The molecule has 0 bridgehead atoms. The molecule has 2 atom stereocenters. The number of hydrogen-bond donors (Lipinski definition) is 1. The van der Waals surface area contributed by atoms with Crippen molar-refractivity contribution in [2.24, 2.45) is 0 Å². The summed E-state index contributed by atoms with van der Waals surface area (Å²) in [5, 5.41) is 9.18. The second-order valence-electron chi connectivity index (χ2n) is 5.70. The van der Waals surface area contributed by atoms with Gasteiger partial charge in [0, 0.05) is 13.0 Å². The fourth-order valence-electron chi connectivity index (χ4n) is 2.76. The van der Waals surface area contributed by atoms with E-state index < -0.39 is 24.1 Å². The number of rotatable bonds is 10. The number of likely N-dealkylation sites (N-methyl/N-ethyl adjacent to an activating group) is 1. The smallest absolute Gasteiger partial charge is 0.345 e. The lowest BCUT2D eigenvalue weighted by atomic mass is 10.1.